The SMILES string of the molecule is O=C(c1cccc(O)c1)N1CCC2(CC1)CCN(c1cccc(C(F)(F)F)c1)C2=O. The Hall–Kier alpha value is -3.03. The molecule has 0 aromatic heterocycles. The van der Waals surface area contributed by atoms with Crippen LogP contribution in [-0.2, 0) is 11.0 Å². The Bertz CT molecular complexity index is 982. The predicted molar refractivity (Wildman–Crippen MR) is 104 cm³/mol. The first kappa shape index (κ1) is 20.3. The molecule has 2 amide bonds. The molecule has 2 aromatic rings. The number of alkyl halides is 3. The minimum Gasteiger partial charge on any atom is -0.508 e. The Labute approximate surface area is 171 Å². The summed E-state index contributed by atoms with van der Waals surface area (Å²) in [6.45, 7) is 1.13. The number of aromatic hydroxyl groups is 1. The van der Waals surface area contributed by atoms with Gasteiger partial charge in [0.2, 0.25) is 5.91 Å². The van der Waals surface area contributed by atoms with E-state index in [1.165, 1.54) is 29.2 Å². The van der Waals surface area contributed by atoms with Crippen LogP contribution in [0.1, 0.15) is 35.2 Å². The number of benzene rings is 2. The second-order valence-electron chi connectivity index (χ2n) is 7.88. The van der Waals surface area contributed by atoms with Gasteiger partial charge in [-0.15, -0.1) is 0 Å². The number of phenolic OH excluding ortho intramolecular Hbond substituents is 1. The van der Waals surface area contributed by atoms with E-state index in [0.29, 0.717) is 44.5 Å². The van der Waals surface area contributed by atoms with Crippen LogP contribution in [0, 0.1) is 5.41 Å². The van der Waals surface area contributed by atoms with E-state index in [1.807, 2.05) is 0 Å². The number of likely N-dealkylation sites (tertiary alicyclic amines) is 1. The third kappa shape index (κ3) is 3.62. The number of rotatable bonds is 2. The largest absolute Gasteiger partial charge is 0.508 e. The highest BCUT2D eigenvalue weighted by molar-refractivity contribution is 6.00. The van der Waals surface area contributed by atoms with Gasteiger partial charge in [-0.2, -0.15) is 13.2 Å². The van der Waals surface area contributed by atoms with Crippen LogP contribution in [0.3, 0.4) is 0 Å². The van der Waals surface area contributed by atoms with E-state index in [0.717, 1.165) is 12.1 Å². The molecule has 4 rings (SSSR count). The zero-order valence-corrected chi connectivity index (χ0v) is 16.2. The second-order valence-corrected chi connectivity index (χ2v) is 7.88. The van der Waals surface area contributed by atoms with Crippen molar-refractivity contribution in [3.05, 3.63) is 59.7 Å². The van der Waals surface area contributed by atoms with Crippen molar-refractivity contribution >= 4 is 17.5 Å². The lowest BCUT2D eigenvalue weighted by Crippen LogP contribution is -2.46. The molecule has 0 atom stereocenters. The van der Waals surface area contributed by atoms with Gasteiger partial charge in [-0.25, -0.2) is 0 Å². The van der Waals surface area contributed by atoms with Gasteiger partial charge in [-0.1, -0.05) is 12.1 Å². The minimum atomic E-state index is -4.46. The van der Waals surface area contributed by atoms with Gasteiger partial charge in [-0.05, 0) is 55.7 Å². The molecule has 2 aliphatic heterocycles. The number of carbonyl (C=O) groups excluding carboxylic acids is 2. The molecule has 158 valence electrons. The number of hydrogen-bond donors (Lipinski definition) is 1. The van der Waals surface area contributed by atoms with Gasteiger partial charge in [0.15, 0.2) is 0 Å². The highest BCUT2D eigenvalue weighted by atomic mass is 19.4. The summed E-state index contributed by atoms with van der Waals surface area (Å²) in [6, 6.07) is 11.0. The van der Waals surface area contributed by atoms with Gasteiger partial charge in [0.25, 0.3) is 5.91 Å². The van der Waals surface area contributed by atoms with Crippen molar-refractivity contribution in [2.24, 2.45) is 5.41 Å². The summed E-state index contributed by atoms with van der Waals surface area (Å²) in [5.74, 6) is -0.371. The molecule has 0 unspecified atom stereocenters. The van der Waals surface area contributed by atoms with Crippen LogP contribution in [0.25, 0.3) is 0 Å². The Morgan fingerprint density at radius 2 is 1.63 bits per heavy atom. The highest BCUT2D eigenvalue weighted by Crippen LogP contribution is 2.44. The number of phenols is 1. The van der Waals surface area contributed by atoms with Crippen molar-refractivity contribution < 1.29 is 27.9 Å². The lowest BCUT2D eigenvalue weighted by molar-refractivity contribution is -0.137. The van der Waals surface area contributed by atoms with E-state index in [1.54, 1.807) is 17.0 Å². The summed E-state index contributed by atoms with van der Waals surface area (Å²) in [6.07, 6.45) is -2.98. The number of amides is 2. The molecule has 8 heteroatoms. The topological polar surface area (TPSA) is 60.9 Å². The minimum absolute atomic E-state index is 0.0111. The molecule has 1 N–H and O–H groups in total. The first-order valence-electron chi connectivity index (χ1n) is 9.77. The van der Waals surface area contributed by atoms with E-state index >= 15 is 0 Å². The van der Waals surface area contributed by atoms with Crippen LogP contribution in [-0.4, -0.2) is 41.5 Å². The molecule has 2 aliphatic rings. The summed E-state index contributed by atoms with van der Waals surface area (Å²) in [5, 5.41) is 9.58. The lowest BCUT2D eigenvalue weighted by Gasteiger charge is -2.38. The first-order valence-corrected chi connectivity index (χ1v) is 9.77. The number of anilines is 1. The van der Waals surface area contributed by atoms with E-state index in [4.69, 9.17) is 0 Å². The highest BCUT2D eigenvalue weighted by Gasteiger charge is 2.49. The second kappa shape index (κ2) is 7.34. The van der Waals surface area contributed by atoms with Crippen LogP contribution in [0.2, 0.25) is 0 Å². The lowest BCUT2D eigenvalue weighted by atomic mass is 9.77. The predicted octanol–water partition coefficient (Wildman–Crippen LogP) is 4.07. The van der Waals surface area contributed by atoms with E-state index in [9.17, 15) is 27.9 Å². The summed E-state index contributed by atoms with van der Waals surface area (Å²) in [4.78, 5) is 28.9. The Morgan fingerprint density at radius 3 is 2.30 bits per heavy atom. The maximum Gasteiger partial charge on any atom is 0.416 e. The first-order chi connectivity index (χ1) is 14.2. The summed E-state index contributed by atoms with van der Waals surface area (Å²) < 4.78 is 39.1. The summed E-state index contributed by atoms with van der Waals surface area (Å²) in [7, 11) is 0. The number of hydrogen-bond acceptors (Lipinski definition) is 3. The fourth-order valence-corrected chi connectivity index (χ4v) is 4.34. The normalized spacial score (nSPS) is 18.8. The van der Waals surface area contributed by atoms with Gasteiger partial charge in [-0.3, -0.25) is 9.59 Å². The van der Waals surface area contributed by atoms with Crippen LogP contribution < -0.4 is 4.90 Å². The molecule has 0 radical (unpaired) electrons. The monoisotopic (exact) mass is 418 g/mol. The molecule has 1 spiro atoms. The van der Waals surface area contributed by atoms with E-state index < -0.39 is 17.2 Å². The van der Waals surface area contributed by atoms with Crippen LogP contribution in [0.15, 0.2) is 48.5 Å². The van der Waals surface area contributed by atoms with Gasteiger partial charge in [0, 0.05) is 30.9 Å². The molecular weight excluding hydrogens is 397 g/mol. The zero-order chi connectivity index (χ0) is 21.5. The van der Waals surface area contributed by atoms with E-state index in [2.05, 4.69) is 0 Å². The molecular formula is C22H21F3N2O3. The number of halogens is 3. The molecule has 0 aliphatic carbocycles. The third-order valence-corrected chi connectivity index (χ3v) is 6.10. The van der Waals surface area contributed by atoms with E-state index in [-0.39, 0.29) is 23.3 Å². The van der Waals surface area contributed by atoms with Crippen LogP contribution in [0.5, 0.6) is 5.75 Å². The van der Waals surface area contributed by atoms with Crippen molar-refractivity contribution in [1.82, 2.24) is 4.90 Å². The van der Waals surface area contributed by atoms with Gasteiger partial charge in [0.05, 0.1) is 11.0 Å². The molecule has 0 saturated carbocycles. The molecule has 5 nitrogen and oxygen atoms in total. The fraction of sp³-hybridized carbons (Fsp3) is 0.364. The number of piperidine rings is 1. The Balaban J connectivity index is 1.46. The molecule has 2 heterocycles. The molecule has 2 saturated heterocycles. The number of nitrogens with zero attached hydrogens (tertiary/aromatic N) is 2. The average Bonchev–Trinajstić information content (AvgIpc) is 3.03. The van der Waals surface area contributed by atoms with Crippen molar-refractivity contribution in [3.8, 4) is 5.75 Å². The standard InChI is InChI=1S/C22H21F3N2O3/c23-22(24,25)16-4-2-5-17(14-16)27-12-9-21(20(27)30)7-10-26(11-8-21)19(29)15-3-1-6-18(28)13-15/h1-6,13-14,28H,7-12H2. The smallest absolute Gasteiger partial charge is 0.416 e. The number of carbonyl (C=O) groups is 2. The summed E-state index contributed by atoms with van der Waals surface area (Å²) in [5.41, 5.74) is -0.788. The van der Waals surface area contributed by atoms with Crippen molar-refractivity contribution in [2.75, 3.05) is 24.5 Å². The fourth-order valence-electron chi connectivity index (χ4n) is 4.34. The Kier molecular flexibility index (Phi) is 4.95. The third-order valence-electron chi connectivity index (χ3n) is 6.10. The maximum absolute atomic E-state index is 13.1. The van der Waals surface area contributed by atoms with Gasteiger partial charge < -0.3 is 14.9 Å². The van der Waals surface area contributed by atoms with Gasteiger partial charge in [0.1, 0.15) is 5.75 Å². The average molecular weight is 418 g/mol. The molecule has 30 heavy (non-hydrogen) atoms. The Morgan fingerprint density at radius 1 is 0.967 bits per heavy atom. The zero-order valence-electron chi connectivity index (χ0n) is 16.2. The molecule has 2 aromatic carbocycles. The molecule has 0 bridgehead atoms. The van der Waals surface area contributed by atoms with Crippen molar-refractivity contribution in [3.63, 3.8) is 0 Å². The van der Waals surface area contributed by atoms with Crippen molar-refractivity contribution in [2.45, 2.75) is 25.4 Å². The quantitative estimate of drug-likeness (QED) is 0.800. The van der Waals surface area contributed by atoms with Crippen LogP contribution in [0.4, 0.5) is 18.9 Å². The van der Waals surface area contributed by atoms with Crippen molar-refractivity contribution in [1.29, 1.82) is 0 Å². The molecule has 2 fully saturated rings. The van der Waals surface area contributed by atoms with Gasteiger partial charge >= 0.3 is 6.18 Å². The summed E-state index contributed by atoms with van der Waals surface area (Å²) >= 11 is 0. The van der Waals surface area contributed by atoms with Crippen LogP contribution >= 0.6 is 0 Å². The maximum atomic E-state index is 13.1.